The first kappa shape index (κ1) is 8.43. The van der Waals surface area contributed by atoms with Crippen molar-refractivity contribution in [2.75, 3.05) is 0 Å². The van der Waals surface area contributed by atoms with E-state index in [9.17, 15) is 5.11 Å². The number of hydrogen-bond donors (Lipinski definition) is 1. The van der Waals surface area contributed by atoms with E-state index in [1.54, 1.807) is 29.0 Å². The maximum absolute atomic E-state index is 9.60. The lowest BCUT2D eigenvalue weighted by molar-refractivity contribution is 0.478. The van der Waals surface area contributed by atoms with Gasteiger partial charge in [0.25, 0.3) is 0 Å². The Balaban J connectivity index is 2.27. The van der Waals surface area contributed by atoms with Gasteiger partial charge in [-0.3, -0.25) is 0 Å². The number of pyridine rings is 1. The van der Waals surface area contributed by atoms with Crippen LogP contribution < -0.4 is 0 Å². The van der Waals surface area contributed by atoms with Gasteiger partial charge in [-0.2, -0.15) is 5.10 Å². The molecule has 0 radical (unpaired) electrons. The van der Waals surface area contributed by atoms with Gasteiger partial charge in [-0.25, -0.2) is 9.50 Å². The molecule has 0 aliphatic rings. The second-order valence-corrected chi connectivity index (χ2v) is 3.98. The standard InChI is InChI=1S/C10H7N3OS/c14-9-2-1-4-13-8(9)6-7(12-13)10-11-3-5-15-10/h1-6,14H. The molecule has 0 amide bonds. The normalized spacial score (nSPS) is 10.9. The highest BCUT2D eigenvalue weighted by atomic mass is 32.1. The van der Waals surface area contributed by atoms with Gasteiger partial charge >= 0.3 is 0 Å². The van der Waals surface area contributed by atoms with Crippen LogP contribution in [0, 0.1) is 0 Å². The van der Waals surface area contributed by atoms with Crippen LogP contribution in [0.2, 0.25) is 0 Å². The summed E-state index contributed by atoms with van der Waals surface area (Å²) in [5, 5.41) is 16.7. The number of fused-ring (bicyclic) bond motifs is 1. The third kappa shape index (κ3) is 1.28. The molecule has 0 saturated heterocycles. The summed E-state index contributed by atoms with van der Waals surface area (Å²) in [5.41, 5.74) is 1.48. The van der Waals surface area contributed by atoms with E-state index in [0.717, 1.165) is 10.7 Å². The summed E-state index contributed by atoms with van der Waals surface area (Å²) in [7, 11) is 0. The van der Waals surface area contributed by atoms with Gasteiger partial charge in [-0.05, 0) is 18.2 Å². The van der Waals surface area contributed by atoms with Crippen LogP contribution >= 0.6 is 11.3 Å². The number of nitrogens with zero attached hydrogens (tertiary/aromatic N) is 3. The zero-order valence-corrected chi connectivity index (χ0v) is 8.48. The van der Waals surface area contributed by atoms with Gasteiger partial charge in [0.15, 0.2) is 0 Å². The van der Waals surface area contributed by atoms with E-state index < -0.39 is 0 Å². The quantitative estimate of drug-likeness (QED) is 0.679. The van der Waals surface area contributed by atoms with Crippen molar-refractivity contribution in [1.29, 1.82) is 0 Å². The fraction of sp³-hybridized carbons (Fsp3) is 0. The average molecular weight is 217 g/mol. The minimum Gasteiger partial charge on any atom is -0.506 e. The minimum atomic E-state index is 0.229. The van der Waals surface area contributed by atoms with Gasteiger partial charge in [-0.15, -0.1) is 11.3 Å². The average Bonchev–Trinajstić information content (AvgIpc) is 2.86. The third-order valence-electron chi connectivity index (χ3n) is 2.13. The Bertz CT molecular complexity index is 600. The van der Waals surface area contributed by atoms with Crippen molar-refractivity contribution in [3.05, 3.63) is 36.0 Å². The topological polar surface area (TPSA) is 50.4 Å². The zero-order chi connectivity index (χ0) is 10.3. The Morgan fingerprint density at radius 3 is 3.07 bits per heavy atom. The molecule has 4 nitrogen and oxygen atoms in total. The molecule has 0 saturated carbocycles. The largest absolute Gasteiger partial charge is 0.506 e. The number of aromatic hydroxyl groups is 1. The molecular formula is C10H7N3OS. The molecule has 0 unspecified atom stereocenters. The van der Waals surface area contributed by atoms with Crippen LogP contribution in [-0.2, 0) is 0 Å². The van der Waals surface area contributed by atoms with Crippen LogP contribution in [0.1, 0.15) is 0 Å². The summed E-state index contributed by atoms with van der Waals surface area (Å²) >= 11 is 1.53. The lowest BCUT2D eigenvalue weighted by Gasteiger charge is -1.93. The Hall–Kier alpha value is -1.88. The highest BCUT2D eigenvalue weighted by Gasteiger charge is 2.08. The molecule has 1 N–H and O–H groups in total. The second kappa shape index (κ2) is 3.06. The monoisotopic (exact) mass is 217 g/mol. The summed E-state index contributed by atoms with van der Waals surface area (Å²) in [5.74, 6) is 0.229. The van der Waals surface area contributed by atoms with Crippen LogP contribution in [0.3, 0.4) is 0 Å². The first-order chi connectivity index (χ1) is 7.34. The predicted molar refractivity (Wildman–Crippen MR) is 58.0 cm³/mol. The Morgan fingerprint density at radius 2 is 2.33 bits per heavy atom. The van der Waals surface area contributed by atoms with E-state index in [0.29, 0.717) is 5.52 Å². The Kier molecular flexibility index (Phi) is 1.72. The number of rotatable bonds is 1. The predicted octanol–water partition coefficient (Wildman–Crippen LogP) is 2.16. The Morgan fingerprint density at radius 1 is 1.40 bits per heavy atom. The van der Waals surface area contributed by atoms with E-state index >= 15 is 0 Å². The first-order valence-corrected chi connectivity index (χ1v) is 5.30. The van der Waals surface area contributed by atoms with Crippen molar-refractivity contribution >= 4 is 16.9 Å². The van der Waals surface area contributed by atoms with Crippen molar-refractivity contribution in [2.45, 2.75) is 0 Å². The molecule has 5 heteroatoms. The summed E-state index contributed by atoms with van der Waals surface area (Å²) in [4.78, 5) is 4.17. The van der Waals surface area contributed by atoms with E-state index in [1.807, 2.05) is 11.4 Å². The molecule has 74 valence electrons. The highest BCUT2D eigenvalue weighted by molar-refractivity contribution is 7.13. The van der Waals surface area contributed by atoms with Gasteiger partial charge in [0.05, 0.1) is 0 Å². The van der Waals surface area contributed by atoms with Crippen molar-refractivity contribution in [2.24, 2.45) is 0 Å². The molecular weight excluding hydrogens is 210 g/mol. The van der Waals surface area contributed by atoms with E-state index in [4.69, 9.17) is 0 Å². The molecule has 3 rings (SSSR count). The third-order valence-corrected chi connectivity index (χ3v) is 2.93. The molecule has 0 fully saturated rings. The molecule has 0 aliphatic heterocycles. The number of thiazole rings is 1. The van der Waals surface area contributed by atoms with Gasteiger partial charge in [0, 0.05) is 17.8 Å². The maximum Gasteiger partial charge on any atom is 0.143 e. The van der Waals surface area contributed by atoms with Crippen molar-refractivity contribution in [3.8, 4) is 16.5 Å². The SMILES string of the molecule is Oc1cccn2nc(-c3nccs3)cc12. The first-order valence-electron chi connectivity index (χ1n) is 4.42. The van der Waals surface area contributed by atoms with E-state index in [-0.39, 0.29) is 5.75 Å². The fourth-order valence-corrected chi connectivity index (χ4v) is 2.05. The van der Waals surface area contributed by atoms with Crippen LogP contribution in [0.5, 0.6) is 5.75 Å². The van der Waals surface area contributed by atoms with Crippen LogP contribution in [0.4, 0.5) is 0 Å². The second-order valence-electron chi connectivity index (χ2n) is 3.09. The molecule has 0 aromatic carbocycles. The summed E-state index contributed by atoms with van der Waals surface area (Å²) < 4.78 is 1.64. The Labute approximate surface area is 89.4 Å². The highest BCUT2D eigenvalue weighted by Crippen LogP contribution is 2.25. The van der Waals surface area contributed by atoms with Crippen molar-refractivity contribution < 1.29 is 5.11 Å². The molecule has 3 heterocycles. The molecule has 0 atom stereocenters. The molecule has 15 heavy (non-hydrogen) atoms. The number of hydrogen-bond acceptors (Lipinski definition) is 4. The molecule has 0 bridgehead atoms. The number of aromatic nitrogens is 3. The van der Waals surface area contributed by atoms with Gasteiger partial charge in [-0.1, -0.05) is 0 Å². The van der Waals surface area contributed by atoms with Gasteiger partial charge in [0.2, 0.25) is 0 Å². The maximum atomic E-state index is 9.60. The van der Waals surface area contributed by atoms with E-state index in [1.165, 1.54) is 11.3 Å². The molecule has 3 aromatic rings. The van der Waals surface area contributed by atoms with Crippen LogP contribution in [0.25, 0.3) is 16.2 Å². The smallest absolute Gasteiger partial charge is 0.143 e. The fourth-order valence-electron chi connectivity index (χ4n) is 1.45. The van der Waals surface area contributed by atoms with Gasteiger partial charge in [0.1, 0.15) is 22.0 Å². The van der Waals surface area contributed by atoms with Gasteiger partial charge < -0.3 is 5.11 Å². The minimum absolute atomic E-state index is 0.229. The van der Waals surface area contributed by atoms with Crippen molar-refractivity contribution in [1.82, 2.24) is 14.6 Å². The lowest BCUT2D eigenvalue weighted by atomic mass is 10.3. The van der Waals surface area contributed by atoms with E-state index in [2.05, 4.69) is 10.1 Å². The molecule has 0 aliphatic carbocycles. The van der Waals surface area contributed by atoms with Crippen LogP contribution in [0.15, 0.2) is 36.0 Å². The summed E-state index contributed by atoms with van der Waals surface area (Å²) in [6.07, 6.45) is 3.54. The summed E-state index contributed by atoms with van der Waals surface area (Å²) in [6, 6.07) is 5.22. The molecule has 3 aromatic heterocycles. The molecule has 0 spiro atoms. The van der Waals surface area contributed by atoms with Crippen LogP contribution in [-0.4, -0.2) is 19.7 Å². The zero-order valence-electron chi connectivity index (χ0n) is 7.66. The lowest BCUT2D eigenvalue weighted by Crippen LogP contribution is -1.85. The van der Waals surface area contributed by atoms with Crippen molar-refractivity contribution in [3.63, 3.8) is 0 Å². The summed E-state index contributed by atoms with van der Waals surface area (Å²) in [6.45, 7) is 0.